The summed E-state index contributed by atoms with van der Waals surface area (Å²) in [5.41, 5.74) is 0. The highest BCUT2D eigenvalue weighted by Gasteiger charge is 2.25. The van der Waals surface area contributed by atoms with Crippen LogP contribution >= 0.6 is 22.7 Å². The van der Waals surface area contributed by atoms with Gasteiger partial charge < -0.3 is 0 Å². The van der Waals surface area contributed by atoms with Crippen LogP contribution in [0.5, 0.6) is 0 Å². The molecule has 0 bridgehead atoms. The van der Waals surface area contributed by atoms with E-state index in [1.807, 2.05) is 0 Å². The Hall–Kier alpha value is -0.270. The Balaban J connectivity index is 2.10. The van der Waals surface area contributed by atoms with Crippen molar-refractivity contribution in [2.75, 3.05) is 6.67 Å². The molecular weight excluding hydrogens is 272 g/mol. The molecule has 2 aliphatic rings. The summed E-state index contributed by atoms with van der Waals surface area (Å²) in [6.45, 7) is 0.423. The van der Waals surface area contributed by atoms with Crippen molar-refractivity contribution in [2.24, 2.45) is 9.98 Å². The minimum Gasteiger partial charge on any atom is -0.213 e. The van der Waals surface area contributed by atoms with Crippen LogP contribution in [0.2, 0.25) is 0 Å². The van der Waals surface area contributed by atoms with Crippen LogP contribution in [0.25, 0.3) is 0 Å². The Morgan fingerprint density at radius 1 is 0.842 bits per heavy atom. The molecule has 0 amide bonds. The van der Waals surface area contributed by atoms with Gasteiger partial charge in [0.1, 0.15) is 6.67 Å². The Kier molecular flexibility index (Phi) is 7.02. The Bertz CT molecular complexity index is 361. The lowest BCUT2D eigenvalue weighted by Gasteiger charge is -2.31. The fourth-order valence-corrected chi connectivity index (χ4v) is 6.02. The number of hydrogen-bond acceptors (Lipinski definition) is 3. The van der Waals surface area contributed by atoms with Gasteiger partial charge in [-0.1, -0.05) is 38.5 Å². The summed E-state index contributed by atoms with van der Waals surface area (Å²) < 4.78 is 0. The maximum Gasteiger partial charge on any atom is 0.149 e. The molecule has 0 heterocycles. The molecule has 19 heavy (non-hydrogen) atoms. The van der Waals surface area contributed by atoms with Crippen LogP contribution in [0.3, 0.4) is 0 Å². The molecule has 0 atom stereocenters. The van der Waals surface area contributed by atoms with E-state index in [9.17, 15) is 0 Å². The van der Waals surface area contributed by atoms with Crippen LogP contribution in [0.1, 0.15) is 64.2 Å². The molecule has 2 rings (SSSR count). The molecule has 0 aromatic carbocycles. The standard InChI is InChI=1S/C15H24N2S2/c18-12-16-11-17-13-19(14-7-3-1-4-8-14)15-9-5-2-6-10-15/h14-15H,1-11H2. The summed E-state index contributed by atoms with van der Waals surface area (Å²) in [5.74, 6) is 0. The van der Waals surface area contributed by atoms with Gasteiger partial charge in [0, 0.05) is 15.7 Å². The largest absolute Gasteiger partial charge is 0.213 e. The molecule has 0 radical (unpaired) electrons. The van der Waals surface area contributed by atoms with Gasteiger partial charge >= 0.3 is 0 Å². The lowest BCUT2D eigenvalue weighted by molar-refractivity contribution is 0.494. The first-order valence-corrected chi connectivity index (χ1v) is 9.35. The maximum absolute atomic E-state index is 4.58. The number of rotatable bonds is 4. The second kappa shape index (κ2) is 8.81. The molecule has 4 heteroatoms. The van der Waals surface area contributed by atoms with E-state index < -0.39 is 0 Å². The number of hydrogen-bond donors (Lipinski definition) is 0. The van der Waals surface area contributed by atoms with Crippen LogP contribution in [0.4, 0.5) is 0 Å². The van der Waals surface area contributed by atoms with E-state index in [1.165, 1.54) is 64.2 Å². The van der Waals surface area contributed by atoms with E-state index in [0.29, 0.717) is 6.67 Å². The highest BCUT2D eigenvalue weighted by molar-refractivity contribution is 8.15. The van der Waals surface area contributed by atoms with E-state index in [2.05, 4.69) is 32.5 Å². The summed E-state index contributed by atoms with van der Waals surface area (Å²) in [6, 6.07) is 0. The second-order valence-corrected chi connectivity index (χ2v) is 7.97. The third-order valence-corrected chi connectivity index (χ3v) is 7.05. The van der Waals surface area contributed by atoms with Crippen molar-refractivity contribution in [3.63, 3.8) is 0 Å². The third kappa shape index (κ3) is 4.96. The van der Waals surface area contributed by atoms with Crippen molar-refractivity contribution >= 4 is 33.0 Å². The fraction of sp³-hybridized carbons (Fsp3) is 0.867. The predicted octanol–water partition coefficient (Wildman–Crippen LogP) is 4.89. The number of nitrogens with zero attached hydrogens (tertiary/aromatic N) is 2. The van der Waals surface area contributed by atoms with Crippen molar-refractivity contribution in [3.8, 4) is 0 Å². The number of isothiocyanates is 2. The summed E-state index contributed by atoms with van der Waals surface area (Å²) in [7, 11) is 0.261. The van der Waals surface area contributed by atoms with Gasteiger partial charge in [0.2, 0.25) is 0 Å². The van der Waals surface area contributed by atoms with Gasteiger partial charge in [0.25, 0.3) is 0 Å². The van der Waals surface area contributed by atoms with Gasteiger partial charge in [-0.15, -0.1) is 10.5 Å². The van der Waals surface area contributed by atoms with E-state index in [4.69, 9.17) is 0 Å². The maximum atomic E-state index is 4.58. The molecule has 0 aliphatic heterocycles. The van der Waals surface area contributed by atoms with Gasteiger partial charge in [-0.3, -0.25) is 0 Å². The van der Waals surface area contributed by atoms with Crippen LogP contribution in [-0.4, -0.2) is 27.5 Å². The molecule has 0 spiro atoms. The molecule has 0 aromatic heterocycles. The van der Waals surface area contributed by atoms with Gasteiger partial charge in [-0.05, 0) is 37.9 Å². The molecule has 0 unspecified atom stereocenters. The average molecular weight is 297 g/mol. The number of thiocarbonyl (C=S) groups is 1. The smallest absolute Gasteiger partial charge is 0.149 e. The highest BCUT2D eigenvalue weighted by atomic mass is 32.2. The van der Waals surface area contributed by atoms with E-state index in [-0.39, 0.29) is 10.5 Å². The first-order valence-electron chi connectivity index (χ1n) is 7.59. The molecule has 106 valence electrons. The summed E-state index contributed by atoms with van der Waals surface area (Å²) >= 11 is 4.58. The lowest BCUT2D eigenvalue weighted by atomic mass is 10.00. The molecule has 2 fully saturated rings. The minimum atomic E-state index is 0.261. The monoisotopic (exact) mass is 296 g/mol. The predicted molar refractivity (Wildman–Crippen MR) is 88.7 cm³/mol. The van der Waals surface area contributed by atoms with Crippen molar-refractivity contribution in [1.82, 2.24) is 0 Å². The van der Waals surface area contributed by atoms with Gasteiger partial charge in [-0.25, -0.2) is 9.98 Å². The topological polar surface area (TPSA) is 24.7 Å². The van der Waals surface area contributed by atoms with E-state index >= 15 is 0 Å². The van der Waals surface area contributed by atoms with E-state index in [1.54, 1.807) is 0 Å². The van der Waals surface area contributed by atoms with Crippen molar-refractivity contribution in [1.29, 1.82) is 0 Å². The van der Waals surface area contributed by atoms with E-state index in [0.717, 1.165) is 10.5 Å². The molecule has 2 aliphatic carbocycles. The first kappa shape index (κ1) is 15.1. The van der Waals surface area contributed by atoms with Crippen LogP contribution < -0.4 is 0 Å². The summed E-state index contributed by atoms with van der Waals surface area (Å²) in [4.78, 5) is 8.25. The number of aliphatic imine (C=N–C) groups is 2. The molecular formula is C15H24N2S2. The Morgan fingerprint density at radius 3 is 1.84 bits per heavy atom. The molecule has 2 nitrogen and oxygen atoms in total. The quantitative estimate of drug-likeness (QED) is 0.535. The summed E-state index contributed by atoms with van der Waals surface area (Å²) in [6.07, 6.45) is 14.0. The van der Waals surface area contributed by atoms with Crippen molar-refractivity contribution in [2.45, 2.75) is 74.7 Å². The fourth-order valence-electron chi connectivity index (χ4n) is 3.23. The van der Waals surface area contributed by atoms with Crippen molar-refractivity contribution < 1.29 is 0 Å². The zero-order valence-electron chi connectivity index (χ0n) is 11.6. The molecule has 0 saturated heterocycles. The molecule has 0 N–H and O–H groups in total. The minimum absolute atomic E-state index is 0.261. The average Bonchev–Trinajstić information content (AvgIpc) is 2.49. The lowest BCUT2D eigenvalue weighted by Crippen LogP contribution is -2.19. The molecule has 0 aromatic rings. The highest BCUT2D eigenvalue weighted by Crippen LogP contribution is 2.41. The first-order chi connectivity index (χ1) is 9.42. The summed E-state index contributed by atoms with van der Waals surface area (Å²) in [5, 5.41) is 7.53. The van der Waals surface area contributed by atoms with Crippen LogP contribution in [0, 0.1) is 0 Å². The van der Waals surface area contributed by atoms with Crippen molar-refractivity contribution in [3.05, 3.63) is 0 Å². The van der Waals surface area contributed by atoms with Gasteiger partial charge in [0.15, 0.2) is 0 Å². The van der Waals surface area contributed by atoms with Crippen LogP contribution in [0.15, 0.2) is 9.98 Å². The molecule has 2 saturated carbocycles. The van der Waals surface area contributed by atoms with Crippen LogP contribution in [-0.2, 0) is 0 Å². The Labute approximate surface area is 124 Å². The van der Waals surface area contributed by atoms with Gasteiger partial charge in [-0.2, -0.15) is 0 Å². The normalized spacial score (nSPS) is 21.7. The second-order valence-electron chi connectivity index (χ2n) is 5.53. The zero-order valence-corrected chi connectivity index (χ0v) is 13.3. The SMILES string of the molecule is S=C=NCN=C=S(C1CCCCC1)C1CCCCC1. The zero-order chi connectivity index (χ0) is 13.3. The Morgan fingerprint density at radius 2 is 1.37 bits per heavy atom. The third-order valence-electron chi connectivity index (χ3n) is 4.20. The van der Waals surface area contributed by atoms with Gasteiger partial charge in [0.05, 0.1) is 5.16 Å².